The van der Waals surface area contributed by atoms with E-state index >= 15 is 0 Å². The highest BCUT2D eigenvalue weighted by Gasteiger charge is 2.55. The summed E-state index contributed by atoms with van der Waals surface area (Å²) in [5.41, 5.74) is 0.593. The number of carbonyl (C=O) groups is 1. The summed E-state index contributed by atoms with van der Waals surface area (Å²) < 4.78 is 33.1. The van der Waals surface area contributed by atoms with Crippen molar-refractivity contribution in [2.75, 3.05) is 13.1 Å². The van der Waals surface area contributed by atoms with Gasteiger partial charge in [0.25, 0.3) is 0 Å². The van der Waals surface area contributed by atoms with Gasteiger partial charge in [0.1, 0.15) is 0 Å². The lowest BCUT2D eigenvalue weighted by Crippen LogP contribution is -2.31. The van der Waals surface area contributed by atoms with E-state index in [1.807, 2.05) is 0 Å². The van der Waals surface area contributed by atoms with Crippen LogP contribution in [0.1, 0.15) is 28.8 Å². The summed E-state index contributed by atoms with van der Waals surface area (Å²) in [6, 6.07) is 4.32. The van der Waals surface area contributed by atoms with Gasteiger partial charge < -0.3 is 9.84 Å². The number of sulfonamides is 1. The number of benzene rings is 1. The maximum Gasteiger partial charge on any atom is 0.335 e. The Morgan fingerprint density at radius 3 is 2.39 bits per heavy atom. The third kappa shape index (κ3) is 2.21. The standard InChI is InChI=1S/C16H19NO5S/c1-9-2-3-10(6-11(9)16(18)19)23(20,21)17-7-12-13(8-17)15-5-4-14(12)22-15/h2-3,6,12-15H,4-5,7-8H2,1H3,(H,18,19). The fourth-order valence-electron chi connectivity index (χ4n) is 4.26. The number of hydrogen-bond donors (Lipinski definition) is 1. The van der Waals surface area contributed by atoms with Crippen molar-refractivity contribution in [2.45, 2.75) is 36.9 Å². The van der Waals surface area contributed by atoms with E-state index in [-0.39, 0.29) is 34.5 Å². The number of nitrogens with zero attached hydrogens (tertiary/aromatic N) is 1. The lowest BCUT2D eigenvalue weighted by Gasteiger charge is -2.19. The molecule has 4 atom stereocenters. The van der Waals surface area contributed by atoms with Gasteiger partial charge in [0.15, 0.2) is 0 Å². The van der Waals surface area contributed by atoms with Crippen LogP contribution in [-0.4, -0.2) is 49.1 Å². The topological polar surface area (TPSA) is 83.9 Å². The van der Waals surface area contributed by atoms with Crippen LogP contribution in [0.2, 0.25) is 0 Å². The summed E-state index contributed by atoms with van der Waals surface area (Å²) in [4.78, 5) is 11.3. The van der Waals surface area contributed by atoms with Crippen molar-refractivity contribution in [2.24, 2.45) is 11.8 Å². The molecule has 124 valence electrons. The van der Waals surface area contributed by atoms with Crippen LogP contribution in [-0.2, 0) is 14.8 Å². The SMILES string of the molecule is Cc1ccc(S(=O)(=O)N2CC3C4CCC(O4)C3C2)cc1C(=O)O. The Morgan fingerprint density at radius 1 is 1.22 bits per heavy atom. The lowest BCUT2D eigenvalue weighted by molar-refractivity contribution is 0.0695. The number of aryl methyl sites for hydroxylation is 1. The minimum Gasteiger partial charge on any atom is -0.478 e. The van der Waals surface area contributed by atoms with Crippen molar-refractivity contribution >= 4 is 16.0 Å². The summed E-state index contributed by atoms with van der Waals surface area (Å²) in [6.45, 7) is 2.62. The summed E-state index contributed by atoms with van der Waals surface area (Å²) in [5, 5.41) is 9.21. The first-order valence-electron chi connectivity index (χ1n) is 7.87. The minimum absolute atomic E-state index is 0.0360. The van der Waals surface area contributed by atoms with E-state index in [1.165, 1.54) is 16.4 Å². The second kappa shape index (κ2) is 5.03. The van der Waals surface area contributed by atoms with Crippen LogP contribution < -0.4 is 0 Å². The average Bonchev–Trinajstić information content (AvgIpc) is 3.20. The first-order valence-corrected chi connectivity index (χ1v) is 9.31. The Morgan fingerprint density at radius 2 is 1.83 bits per heavy atom. The number of rotatable bonds is 3. The molecule has 3 heterocycles. The van der Waals surface area contributed by atoms with E-state index in [1.54, 1.807) is 13.0 Å². The molecule has 1 N–H and O–H groups in total. The van der Waals surface area contributed by atoms with Gasteiger partial charge in [-0.25, -0.2) is 13.2 Å². The van der Waals surface area contributed by atoms with Gasteiger partial charge in [0, 0.05) is 24.9 Å². The third-order valence-electron chi connectivity index (χ3n) is 5.50. The second-order valence-electron chi connectivity index (χ2n) is 6.72. The Balaban J connectivity index is 1.64. The molecule has 3 aliphatic rings. The quantitative estimate of drug-likeness (QED) is 0.903. The molecule has 4 rings (SSSR count). The van der Waals surface area contributed by atoms with Crippen LogP contribution >= 0.6 is 0 Å². The Labute approximate surface area is 135 Å². The average molecular weight is 337 g/mol. The normalized spacial score (nSPS) is 33.1. The number of carboxylic acid groups (broad SMARTS) is 1. The maximum absolute atomic E-state index is 12.9. The van der Waals surface area contributed by atoms with Gasteiger partial charge in [-0.15, -0.1) is 0 Å². The Bertz CT molecular complexity index is 757. The first kappa shape index (κ1) is 15.1. The molecule has 3 aliphatic heterocycles. The van der Waals surface area contributed by atoms with Crippen molar-refractivity contribution < 1.29 is 23.1 Å². The molecule has 0 aromatic heterocycles. The van der Waals surface area contributed by atoms with Gasteiger partial charge in [0.2, 0.25) is 10.0 Å². The molecule has 1 aromatic carbocycles. The van der Waals surface area contributed by atoms with E-state index < -0.39 is 16.0 Å². The summed E-state index contributed by atoms with van der Waals surface area (Å²) >= 11 is 0. The molecule has 6 nitrogen and oxygen atoms in total. The summed E-state index contributed by atoms with van der Waals surface area (Å²) in [5.74, 6) is -0.537. The third-order valence-corrected chi connectivity index (χ3v) is 7.32. The van der Waals surface area contributed by atoms with Gasteiger partial charge in [-0.1, -0.05) is 6.07 Å². The zero-order valence-corrected chi connectivity index (χ0v) is 13.6. The van der Waals surface area contributed by atoms with E-state index in [0.717, 1.165) is 12.8 Å². The van der Waals surface area contributed by atoms with Crippen LogP contribution in [0.3, 0.4) is 0 Å². The van der Waals surface area contributed by atoms with Crippen LogP contribution in [0.4, 0.5) is 0 Å². The number of aromatic carboxylic acids is 1. The molecule has 3 fully saturated rings. The summed E-state index contributed by atoms with van der Waals surface area (Å²) in [7, 11) is -3.66. The zero-order valence-electron chi connectivity index (χ0n) is 12.8. The van der Waals surface area contributed by atoms with Crippen LogP contribution in [0.5, 0.6) is 0 Å². The van der Waals surface area contributed by atoms with Crippen molar-refractivity contribution in [3.63, 3.8) is 0 Å². The highest BCUT2D eigenvalue weighted by Crippen LogP contribution is 2.48. The lowest BCUT2D eigenvalue weighted by atomic mass is 9.82. The molecule has 1 aromatic rings. The van der Waals surface area contributed by atoms with Crippen molar-refractivity contribution in [1.82, 2.24) is 4.31 Å². The zero-order chi connectivity index (χ0) is 16.4. The van der Waals surface area contributed by atoms with Crippen LogP contribution in [0, 0.1) is 18.8 Å². The Hall–Kier alpha value is -1.44. The summed E-state index contributed by atoms with van der Waals surface area (Å²) in [6.07, 6.45) is 2.43. The van der Waals surface area contributed by atoms with Crippen molar-refractivity contribution in [3.8, 4) is 0 Å². The smallest absolute Gasteiger partial charge is 0.335 e. The predicted molar refractivity (Wildman–Crippen MR) is 81.8 cm³/mol. The molecule has 4 unspecified atom stereocenters. The highest BCUT2D eigenvalue weighted by molar-refractivity contribution is 7.89. The largest absolute Gasteiger partial charge is 0.478 e. The van der Waals surface area contributed by atoms with Gasteiger partial charge in [-0.3, -0.25) is 0 Å². The van der Waals surface area contributed by atoms with Crippen molar-refractivity contribution in [1.29, 1.82) is 0 Å². The van der Waals surface area contributed by atoms with Crippen molar-refractivity contribution in [3.05, 3.63) is 29.3 Å². The fraction of sp³-hybridized carbons (Fsp3) is 0.562. The molecule has 0 aliphatic carbocycles. The molecule has 7 heteroatoms. The van der Waals surface area contributed by atoms with Gasteiger partial charge in [0.05, 0.1) is 22.7 Å². The number of carboxylic acids is 1. The van der Waals surface area contributed by atoms with E-state index in [2.05, 4.69) is 0 Å². The molecular formula is C16H19NO5S. The number of ether oxygens (including phenoxy) is 1. The van der Waals surface area contributed by atoms with E-state index in [0.29, 0.717) is 18.7 Å². The molecule has 3 saturated heterocycles. The van der Waals surface area contributed by atoms with Gasteiger partial charge in [-0.2, -0.15) is 4.31 Å². The first-order chi connectivity index (χ1) is 10.9. The predicted octanol–water partition coefficient (Wildman–Crippen LogP) is 1.49. The van der Waals surface area contributed by atoms with Gasteiger partial charge >= 0.3 is 5.97 Å². The van der Waals surface area contributed by atoms with E-state index in [9.17, 15) is 18.3 Å². The molecule has 2 bridgehead atoms. The molecule has 0 radical (unpaired) electrons. The van der Waals surface area contributed by atoms with Crippen LogP contribution in [0.25, 0.3) is 0 Å². The fourth-order valence-corrected chi connectivity index (χ4v) is 5.80. The molecule has 0 saturated carbocycles. The minimum atomic E-state index is -3.66. The number of fused-ring (bicyclic) bond motifs is 5. The monoisotopic (exact) mass is 337 g/mol. The van der Waals surface area contributed by atoms with Gasteiger partial charge in [-0.05, 0) is 37.5 Å². The van der Waals surface area contributed by atoms with E-state index in [4.69, 9.17) is 4.74 Å². The maximum atomic E-state index is 12.9. The Kier molecular flexibility index (Phi) is 3.30. The second-order valence-corrected chi connectivity index (χ2v) is 8.66. The number of hydrogen-bond acceptors (Lipinski definition) is 4. The molecular weight excluding hydrogens is 318 g/mol. The highest BCUT2D eigenvalue weighted by atomic mass is 32.2. The van der Waals surface area contributed by atoms with Crippen LogP contribution in [0.15, 0.2) is 23.1 Å². The molecule has 0 spiro atoms. The molecule has 0 amide bonds. The molecule has 23 heavy (non-hydrogen) atoms.